The van der Waals surface area contributed by atoms with Crippen LogP contribution in [-0.4, -0.2) is 46.2 Å². The molecule has 0 aromatic rings. The smallest absolute Gasteiger partial charge is 0.321 e. The summed E-state index contributed by atoms with van der Waals surface area (Å²) in [7, 11) is 0. The molecule has 1 unspecified atom stereocenters. The van der Waals surface area contributed by atoms with Gasteiger partial charge in [0.1, 0.15) is 6.04 Å². The van der Waals surface area contributed by atoms with Crippen LogP contribution in [0, 0.1) is 0 Å². The van der Waals surface area contributed by atoms with E-state index in [-0.39, 0.29) is 6.42 Å². The van der Waals surface area contributed by atoms with Crippen molar-refractivity contribution in [3.63, 3.8) is 0 Å². The van der Waals surface area contributed by atoms with Gasteiger partial charge in [0.15, 0.2) is 0 Å². The van der Waals surface area contributed by atoms with E-state index in [4.69, 9.17) is 10.2 Å². The number of carboxylic acids is 2. The van der Waals surface area contributed by atoms with E-state index in [1.54, 1.807) is 4.90 Å². The van der Waals surface area contributed by atoms with Crippen LogP contribution in [0.4, 0.5) is 0 Å². The van der Waals surface area contributed by atoms with Crippen LogP contribution < -0.4 is 0 Å². The van der Waals surface area contributed by atoms with Crippen LogP contribution in [0.1, 0.15) is 6.42 Å². The van der Waals surface area contributed by atoms with Gasteiger partial charge >= 0.3 is 11.9 Å². The number of rotatable bonds is 4. The van der Waals surface area contributed by atoms with Crippen LogP contribution >= 0.6 is 0 Å². The third-order valence-electron chi connectivity index (χ3n) is 1.94. The molecule has 0 aromatic carbocycles. The molecule has 0 amide bonds. The molecule has 1 heterocycles. The van der Waals surface area contributed by atoms with Crippen molar-refractivity contribution in [3.8, 4) is 0 Å². The second-order valence-corrected chi connectivity index (χ2v) is 2.88. The fraction of sp³-hybridized carbons (Fsp3) is 0.500. The summed E-state index contributed by atoms with van der Waals surface area (Å²) in [6.07, 6.45) is 3.31. The minimum atomic E-state index is -1.08. The van der Waals surface area contributed by atoms with Crippen molar-refractivity contribution < 1.29 is 19.8 Å². The van der Waals surface area contributed by atoms with Crippen molar-refractivity contribution in [1.29, 1.82) is 0 Å². The number of carboxylic acid groups (broad SMARTS) is 2. The minimum absolute atomic E-state index is 0.350. The molecule has 13 heavy (non-hydrogen) atoms. The number of aliphatic carboxylic acids is 2. The Balaban J connectivity index is 2.56. The van der Waals surface area contributed by atoms with Gasteiger partial charge in [-0.3, -0.25) is 14.5 Å². The van der Waals surface area contributed by atoms with E-state index in [0.29, 0.717) is 13.1 Å². The summed E-state index contributed by atoms with van der Waals surface area (Å²) in [5, 5.41) is 17.2. The summed E-state index contributed by atoms with van der Waals surface area (Å²) in [6, 6.07) is -0.910. The molecular weight excluding hydrogens is 174 g/mol. The molecule has 0 fully saturated rings. The first kappa shape index (κ1) is 9.73. The van der Waals surface area contributed by atoms with E-state index in [1.165, 1.54) is 0 Å². The van der Waals surface area contributed by atoms with Gasteiger partial charge in [0, 0.05) is 13.1 Å². The Labute approximate surface area is 75.3 Å². The molecule has 5 nitrogen and oxygen atoms in total. The first-order chi connectivity index (χ1) is 6.11. The van der Waals surface area contributed by atoms with Crippen LogP contribution in [0.25, 0.3) is 0 Å². The number of hydrogen-bond donors (Lipinski definition) is 2. The molecule has 0 saturated heterocycles. The number of nitrogens with zero attached hydrogens (tertiary/aromatic N) is 1. The molecule has 0 aromatic heterocycles. The van der Waals surface area contributed by atoms with Gasteiger partial charge in [0.2, 0.25) is 0 Å². The highest BCUT2D eigenvalue weighted by Gasteiger charge is 2.27. The van der Waals surface area contributed by atoms with Gasteiger partial charge < -0.3 is 10.2 Å². The average Bonchev–Trinajstić information content (AvgIpc) is 2.50. The van der Waals surface area contributed by atoms with Gasteiger partial charge in [-0.05, 0) is 0 Å². The topological polar surface area (TPSA) is 77.8 Å². The van der Waals surface area contributed by atoms with Crippen molar-refractivity contribution in [2.24, 2.45) is 0 Å². The molecule has 72 valence electrons. The van der Waals surface area contributed by atoms with Crippen LogP contribution in [0.3, 0.4) is 0 Å². The fourth-order valence-corrected chi connectivity index (χ4v) is 1.29. The van der Waals surface area contributed by atoms with Crippen molar-refractivity contribution in [2.45, 2.75) is 12.5 Å². The van der Waals surface area contributed by atoms with Crippen molar-refractivity contribution in [2.75, 3.05) is 13.1 Å². The molecule has 1 aliphatic rings. The lowest BCUT2D eigenvalue weighted by molar-refractivity contribution is -0.149. The summed E-state index contributed by atoms with van der Waals surface area (Å²) in [5.41, 5.74) is 0. The van der Waals surface area contributed by atoms with Crippen LogP contribution in [0.15, 0.2) is 12.2 Å². The zero-order valence-corrected chi connectivity index (χ0v) is 7.01. The standard InChI is InChI=1S/C8H11NO4/c10-7(11)5-6(8(12)13)9-3-1-2-4-9/h1-2,6H,3-5H2,(H,10,11)(H,12,13). The van der Waals surface area contributed by atoms with E-state index in [1.807, 2.05) is 12.2 Å². The second-order valence-electron chi connectivity index (χ2n) is 2.88. The molecule has 1 atom stereocenters. The van der Waals surface area contributed by atoms with Gasteiger partial charge in [-0.1, -0.05) is 12.2 Å². The predicted octanol–water partition coefficient (Wildman–Crippen LogP) is -0.214. The van der Waals surface area contributed by atoms with Crippen molar-refractivity contribution in [3.05, 3.63) is 12.2 Å². The van der Waals surface area contributed by atoms with Gasteiger partial charge in [0.25, 0.3) is 0 Å². The fourth-order valence-electron chi connectivity index (χ4n) is 1.29. The van der Waals surface area contributed by atoms with Gasteiger partial charge in [-0.25, -0.2) is 0 Å². The van der Waals surface area contributed by atoms with Crippen LogP contribution in [0.2, 0.25) is 0 Å². The van der Waals surface area contributed by atoms with E-state index < -0.39 is 18.0 Å². The number of carbonyl (C=O) groups is 2. The zero-order chi connectivity index (χ0) is 9.84. The molecule has 5 heteroatoms. The van der Waals surface area contributed by atoms with E-state index >= 15 is 0 Å². The second kappa shape index (κ2) is 4.04. The number of hydrogen-bond acceptors (Lipinski definition) is 3. The first-order valence-electron chi connectivity index (χ1n) is 3.95. The highest BCUT2D eigenvalue weighted by Crippen LogP contribution is 2.09. The van der Waals surface area contributed by atoms with Crippen LogP contribution in [-0.2, 0) is 9.59 Å². The maximum absolute atomic E-state index is 10.7. The Morgan fingerprint density at radius 1 is 1.31 bits per heavy atom. The zero-order valence-electron chi connectivity index (χ0n) is 7.01. The summed E-state index contributed by atoms with van der Waals surface area (Å²) < 4.78 is 0. The summed E-state index contributed by atoms with van der Waals surface area (Å²) in [6.45, 7) is 1.04. The Morgan fingerprint density at radius 2 is 1.85 bits per heavy atom. The highest BCUT2D eigenvalue weighted by atomic mass is 16.4. The summed E-state index contributed by atoms with van der Waals surface area (Å²) in [4.78, 5) is 22.7. The van der Waals surface area contributed by atoms with E-state index in [0.717, 1.165) is 0 Å². The predicted molar refractivity (Wildman–Crippen MR) is 44.4 cm³/mol. The first-order valence-corrected chi connectivity index (χ1v) is 3.95. The van der Waals surface area contributed by atoms with E-state index in [9.17, 15) is 9.59 Å². The Morgan fingerprint density at radius 3 is 2.23 bits per heavy atom. The van der Waals surface area contributed by atoms with Gasteiger partial charge in [0.05, 0.1) is 6.42 Å². The monoisotopic (exact) mass is 185 g/mol. The largest absolute Gasteiger partial charge is 0.481 e. The Bertz CT molecular complexity index is 241. The molecule has 0 bridgehead atoms. The summed E-state index contributed by atoms with van der Waals surface area (Å²) >= 11 is 0. The quantitative estimate of drug-likeness (QED) is 0.592. The lowest BCUT2D eigenvalue weighted by Gasteiger charge is -2.21. The molecule has 1 aliphatic heterocycles. The molecular formula is C8H11NO4. The van der Waals surface area contributed by atoms with Gasteiger partial charge in [-0.2, -0.15) is 0 Å². The SMILES string of the molecule is O=C(O)CC(C(=O)O)N1CC=CC1. The molecule has 0 aliphatic carbocycles. The van der Waals surface area contributed by atoms with Gasteiger partial charge in [-0.15, -0.1) is 0 Å². The molecule has 2 N–H and O–H groups in total. The lowest BCUT2D eigenvalue weighted by atomic mass is 10.2. The molecule has 1 rings (SSSR count). The average molecular weight is 185 g/mol. The third kappa shape index (κ3) is 2.55. The molecule has 0 radical (unpaired) electrons. The summed E-state index contributed by atoms with van der Waals surface area (Å²) in [5.74, 6) is -2.16. The Kier molecular flexibility index (Phi) is 3.02. The normalized spacial score (nSPS) is 18.8. The third-order valence-corrected chi connectivity index (χ3v) is 1.94. The maximum Gasteiger partial charge on any atom is 0.321 e. The maximum atomic E-state index is 10.7. The lowest BCUT2D eigenvalue weighted by Crippen LogP contribution is -2.41. The molecule has 0 spiro atoms. The minimum Gasteiger partial charge on any atom is -0.481 e. The van der Waals surface area contributed by atoms with Crippen LogP contribution in [0.5, 0.6) is 0 Å². The Hall–Kier alpha value is -1.36. The van der Waals surface area contributed by atoms with Crippen molar-refractivity contribution >= 4 is 11.9 Å². The van der Waals surface area contributed by atoms with Crippen molar-refractivity contribution in [1.82, 2.24) is 4.90 Å². The molecule has 0 saturated carbocycles. The highest BCUT2D eigenvalue weighted by molar-refractivity contribution is 5.80. The van der Waals surface area contributed by atoms with E-state index in [2.05, 4.69) is 0 Å².